The molecule has 2 saturated heterocycles. The van der Waals surface area contributed by atoms with E-state index >= 15 is 0 Å². The number of fused-ring (bicyclic) bond motifs is 5. The number of nitrogens with one attached hydrogen (secondary N) is 2. The maximum atomic E-state index is 13.9. The Labute approximate surface area is 242 Å². The molecule has 8 rings (SSSR count). The number of nitrogens with two attached hydrogens (primary N) is 1. The van der Waals surface area contributed by atoms with Gasteiger partial charge in [-0.2, -0.15) is 0 Å². The quantitative estimate of drug-likeness (QED) is 0.222. The molecule has 2 aliphatic heterocycles. The lowest BCUT2D eigenvalue weighted by molar-refractivity contribution is 0.0763. The van der Waals surface area contributed by atoms with Crippen LogP contribution in [0.3, 0.4) is 0 Å². The lowest BCUT2D eigenvalue weighted by Gasteiger charge is -2.48. The molecule has 2 aromatic heterocycles. The average Bonchev–Trinajstić information content (AvgIpc) is 3.50. The second-order valence-electron chi connectivity index (χ2n) is 11.6. The molecule has 2 atom stereocenters. The maximum Gasteiger partial charge on any atom is 0.250 e. The predicted molar refractivity (Wildman–Crippen MR) is 166 cm³/mol. The Morgan fingerprint density at radius 1 is 0.976 bits per heavy atom. The number of H-pyrrole nitrogens is 1. The van der Waals surface area contributed by atoms with Crippen molar-refractivity contribution in [3.8, 4) is 17.1 Å². The number of carbonyl (C=O) groups is 1. The van der Waals surface area contributed by atoms with Crippen LogP contribution in [0.15, 0.2) is 78.9 Å². The zero-order valence-corrected chi connectivity index (χ0v) is 23.1. The van der Waals surface area contributed by atoms with Crippen LogP contribution in [0.5, 0.6) is 0 Å². The molecule has 7 nitrogen and oxygen atoms in total. The van der Waals surface area contributed by atoms with Gasteiger partial charge in [-0.15, -0.1) is 0 Å². The molecule has 2 aliphatic rings. The summed E-state index contributed by atoms with van der Waals surface area (Å²) in [5, 5.41) is 5.84. The summed E-state index contributed by atoms with van der Waals surface area (Å²) in [7, 11) is 0. The number of aromatic amines is 1. The van der Waals surface area contributed by atoms with Crippen LogP contribution in [-0.2, 0) is 0 Å². The van der Waals surface area contributed by atoms with Gasteiger partial charge < -0.3 is 20.6 Å². The highest BCUT2D eigenvalue weighted by molar-refractivity contribution is 6.15. The molecule has 0 radical (unpaired) electrons. The van der Waals surface area contributed by atoms with E-state index in [0.29, 0.717) is 34.5 Å². The number of halogens is 1. The van der Waals surface area contributed by atoms with Crippen LogP contribution < -0.4 is 11.1 Å². The number of para-hydroxylation sites is 1. The van der Waals surface area contributed by atoms with Gasteiger partial charge in [-0.05, 0) is 67.9 Å². The van der Waals surface area contributed by atoms with Gasteiger partial charge in [-0.3, -0.25) is 9.69 Å². The number of hydrogen-bond acceptors (Lipinski definition) is 4. The van der Waals surface area contributed by atoms with E-state index in [4.69, 9.17) is 10.7 Å². The Bertz CT molecular complexity index is 2010. The minimum Gasteiger partial charge on any atom is -0.379 e. The number of nitrogens with zero attached hydrogens (tertiary/aromatic N) is 3. The van der Waals surface area contributed by atoms with E-state index in [-0.39, 0.29) is 5.82 Å². The van der Waals surface area contributed by atoms with Crippen molar-refractivity contribution in [1.29, 1.82) is 0 Å². The van der Waals surface area contributed by atoms with Crippen LogP contribution in [-0.4, -0.2) is 50.5 Å². The first-order valence-electron chi connectivity index (χ1n) is 14.7. The number of anilines is 1. The second kappa shape index (κ2) is 9.70. The van der Waals surface area contributed by atoms with Crippen LogP contribution in [0.25, 0.3) is 49.9 Å². The SMILES string of the molecule is NC(=O)c1ccc(-n2c3ccccc3c3c(-c4nc5ccc(F)cc5[nH]4)cccc32)cc1N[C@H]1CN2CCCCCC12. The standard InChI is InChI=1S/C34H31FN6O/c35-20-12-15-25-27(17-20)39-34(38-25)24-8-6-11-31-32(24)23-7-3-4-9-29(23)41(31)21-13-14-22(33(36)42)26(18-21)37-28-19-40-16-5-1-2-10-30(28)40/h3-4,6-9,11-15,17-18,28,30,37H,1-2,5,10,16,19H2,(H2,36,42)(H,38,39)/t28-,30?/m0/s1. The van der Waals surface area contributed by atoms with Gasteiger partial charge in [0.05, 0.1) is 33.7 Å². The summed E-state index contributed by atoms with van der Waals surface area (Å²) in [4.78, 5) is 23.2. The smallest absolute Gasteiger partial charge is 0.250 e. The van der Waals surface area contributed by atoms with Gasteiger partial charge in [0.25, 0.3) is 5.91 Å². The summed E-state index contributed by atoms with van der Waals surface area (Å²) in [5.74, 6) is -0.0506. The Morgan fingerprint density at radius 2 is 1.86 bits per heavy atom. The molecule has 0 saturated carbocycles. The van der Waals surface area contributed by atoms with Crippen molar-refractivity contribution >= 4 is 44.4 Å². The molecule has 4 aromatic carbocycles. The van der Waals surface area contributed by atoms with Crippen molar-refractivity contribution < 1.29 is 9.18 Å². The van der Waals surface area contributed by atoms with Crippen LogP contribution >= 0.6 is 0 Å². The zero-order chi connectivity index (χ0) is 28.4. The third-order valence-corrected chi connectivity index (χ3v) is 9.07. The highest BCUT2D eigenvalue weighted by Gasteiger charge is 2.39. The largest absolute Gasteiger partial charge is 0.379 e. The van der Waals surface area contributed by atoms with Crippen molar-refractivity contribution in [2.24, 2.45) is 5.73 Å². The summed E-state index contributed by atoms with van der Waals surface area (Å²) in [6.07, 6.45) is 4.95. The van der Waals surface area contributed by atoms with Crippen molar-refractivity contribution in [1.82, 2.24) is 19.4 Å². The minimum atomic E-state index is -0.438. The number of hydrogen-bond donors (Lipinski definition) is 3. The fraction of sp³-hybridized carbons (Fsp3) is 0.235. The Hall–Kier alpha value is -4.69. The fourth-order valence-electron chi connectivity index (χ4n) is 7.06. The molecule has 42 heavy (non-hydrogen) atoms. The molecule has 4 N–H and O–H groups in total. The number of benzene rings is 4. The van der Waals surface area contributed by atoms with E-state index in [1.807, 2.05) is 36.4 Å². The van der Waals surface area contributed by atoms with Crippen LogP contribution in [0.1, 0.15) is 36.0 Å². The van der Waals surface area contributed by atoms with E-state index in [1.54, 1.807) is 6.07 Å². The molecule has 4 heterocycles. The first-order chi connectivity index (χ1) is 20.5. The molecule has 0 aliphatic carbocycles. The van der Waals surface area contributed by atoms with Gasteiger partial charge in [0, 0.05) is 40.3 Å². The third-order valence-electron chi connectivity index (χ3n) is 9.07. The molecule has 1 amide bonds. The zero-order valence-electron chi connectivity index (χ0n) is 23.1. The Morgan fingerprint density at radius 3 is 2.76 bits per heavy atom. The Balaban J connectivity index is 1.27. The van der Waals surface area contributed by atoms with Crippen LogP contribution in [0.4, 0.5) is 10.1 Å². The second-order valence-corrected chi connectivity index (χ2v) is 11.6. The molecule has 2 fully saturated rings. The Kier molecular flexibility index (Phi) is 5.79. The number of primary amides is 1. The molecule has 6 aromatic rings. The number of carbonyl (C=O) groups excluding carboxylic acids is 1. The van der Waals surface area contributed by atoms with Crippen molar-refractivity contribution in [2.45, 2.75) is 37.8 Å². The lowest BCUT2D eigenvalue weighted by atomic mass is 9.92. The van der Waals surface area contributed by atoms with E-state index in [0.717, 1.165) is 51.8 Å². The molecule has 0 bridgehead atoms. The molecular formula is C34H31FN6O. The van der Waals surface area contributed by atoms with Gasteiger partial charge in [0.15, 0.2) is 0 Å². The summed E-state index contributed by atoms with van der Waals surface area (Å²) in [6.45, 7) is 2.13. The predicted octanol–water partition coefficient (Wildman–Crippen LogP) is 6.60. The van der Waals surface area contributed by atoms with E-state index in [9.17, 15) is 9.18 Å². The highest BCUT2D eigenvalue weighted by Crippen LogP contribution is 2.39. The first-order valence-corrected chi connectivity index (χ1v) is 14.7. The average molecular weight is 559 g/mol. The summed E-state index contributed by atoms with van der Waals surface area (Å²) in [6, 6.07) is 25.7. The van der Waals surface area contributed by atoms with Gasteiger partial charge in [0.2, 0.25) is 0 Å². The molecule has 1 unspecified atom stereocenters. The molecule has 0 spiro atoms. The monoisotopic (exact) mass is 558 g/mol. The third kappa shape index (κ3) is 3.97. The number of imidazole rings is 1. The van der Waals surface area contributed by atoms with Crippen molar-refractivity contribution in [3.63, 3.8) is 0 Å². The number of aromatic nitrogens is 3. The highest BCUT2D eigenvalue weighted by atomic mass is 19.1. The maximum absolute atomic E-state index is 13.9. The molecule has 210 valence electrons. The topological polar surface area (TPSA) is 92.0 Å². The number of rotatable bonds is 5. The first kappa shape index (κ1) is 25.1. The minimum absolute atomic E-state index is 0.291. The summed E-state index contributed by atoms with van der Waals surface area (Å²) in [5.41, 5.74) is 12.4. The van der Waals surface area contributed by atoms with Gasteiger partial charge in [-0.1, -0.05) is 43.2 Å². The van der Waals surface area contributed by atoms with Gasteiger partial charge >= 0.3 is 0 Å². The van der Waals surface area contributed by atoms with Crippen LogP contribution in [0.2, 0.25) is 0 Å². The fourth-order valence-corrected chi connectivity index (χ4v) is 7.06. The summed E-state index contributed by atoms with van der Waals surface area (Å²) < 4.78 is 16.2. The summed E-state index contributed by atoms with van der Waals surface area (Å²) >= 11 is 0. The van der Waals surface area contributed by atoms with Crippen LogP contribution in [0, 0.1) is 5.82 Å². The van der Waals surface area contributed by atoms with E-state index in [1.165, 1.54) is 37.8 Å². The van der Waals surface area contributed by atoms with Crippen molar-refractivity contribution in [2.75, 3.05) is 18.4 Å². The van der Waals surface area contributed by atoms with E-state index < -0.39 is 5.91 Å². The molecular weight excluding hydrogens is 527 g/mol. The normalized spacial score (nSPS) is 19.1. The van der Waals surface area contributed by atoms with Gasteiger partial charge in [-0.25, -0.2) is 9.37 Å². The van der Waals surface area contributed by atoms with E-state index in [2.05, 4.69) is 44.0 Å². The van der Waals surface area contributed by atoms with Gasteiger partial charge in [0.1, 0.15) is 11.6 Å². The van der Waals surface area contributed by atoms with Crippen molar-refractivity contribution in [3.05, 3.63) is 90.2 Å². The number of amides is 1. The molecule has 8 heteroatoms. The lowest BCUT2D eigenvalue weighted by Crippen LogP contribution is -2.62.